The van der Waals surface area contributed by atoms with E-state index >= 15 is 0 Å². The number of piperazine rings is 2. The van der Waals surface area contributed by atoms with Crippen LogP contribution >= 0.6 is 23.5 Å². The lowest BCUT2D eigenvalue weighted by atomic mass is 10.1. The summed E-state index contributed by atoms with van der Waals surface area (Å²) in [5.41, 5.74) is 4.20. The van der Waals surface area contributed by atoms with Crippen LogP contribution in [-0.4, -0.2) is 168 Å². The van der Waals surface area contributed by atoms with Gasteiger partial charge in [-0.05, 0) is 36.4 Å². The van der Waals surface area contributed by atoms with Gasteiger partial charge in [0.25, 0.3) is 0 Å². The molecule has 2 fully saturated rings. The third-order valence-electron chi connectivity index (χ3n) is 10.7. The number of hydroxylamine groups is 6. The summed E-state index contributed by atoms with van der Waals surface area (Å²) < 4.78 is 10.1. The van der Waals surface area contributed by atoms with E-state index in [4.69, 9.17) is 39.9 Å². The molecular weight excluding hydrogens is 861 g/mol. The molecule has 16 nitrogen and oxygen atoms in total. The highest BCUT2D eigenvalue weighted by Gasteiger charge is 2.31. The van der Waals surface area contributed by atoms with Crippen molar-refractivity contribution >= 4 is 58.5 Å². The molecule has 4 aliphatic heterocycles. The number of ether oxygens (including phenoxy) is 2. The molecule has 0 aliphatic carbocycles. The van der Waals surface area contributed by atoms with Crippen molar-refractivity contribution in [2.45, 2.75) is 19.6 Å². The third-order valence-corrected chi connectivity index (χ3v) is 13.0. The lowest BCUT2D eigenvalue weighted by Gasteiger charge is -2.48. The van der Waals surface area contributed by atoms with Gasteiger partial charge in [0.05, 0.1) is 103 Å². The van der Waals surface area contributed by atoms with Crippen LogP contribution in [0.3, 0.4) is 0 Å². The quantitative estimate of drug-likeness (QED) is 0.0603. The second-order valence-electron chi connectivity index (χ2n) is 15.1. The maximum atomic E-state index is 12.9. The Kier molecular flexibility index (Phi) is 17.9. The average Bonchev–Trinajstić information content (AvgIpc) is 3.58. The van der Waals surface area contributed by atoms with Crippen LogP contribution in [-0.2, 0) is 19.1 Å². The van der Waals surface area contributed by atoms with Crippen molar-refractivity contribution in [1.82, 2.24) is 9.80 Å². The van der Waals surface area contributed by atoms with Crippen molar-refractivity contribution in [3.8, 4) is 0 Å². The number of fused-ring (bicyclic) bond motifs is 4. The number of hydrogen-bond donors (Lipinski definition) is 4. The molecule has 0 amide bonds. The Labute approximate surface area is 381 Å². The molecule has 0 spiro atoms. The number of aliphatic imine (C=N–C) groups is 2. The molecule has 4 aromatic carbocycles. The highest BCUT2D eigenvalue weighted by atomic mass is 32.2. The summed E-state index contributed by atoms with van der Waals surface area (Å²) in [6, 6.07) is 33.1. The SMILES string of the molecule is O=C(O)/C=C/C(=O)O.[O-][N+]1(CCOCCO)CCN(C2=Nc3ccccc3Sc3ccccc32)CC1.[O-][N+]1(CCOCCO)CCN(C2=Nc3ccccc3Sc3ccccc32)CC1. The van der Waals surface area contributed by atoms with Gasteiger partial charge < -0.3 is 59.4 Å². The maximum Gasteiger partial charge on any atom is 0.328 e. The van der Waals surface area contributed by atoms with Gasteiger partial charge in [0, 0.05) is 42.9 Å². The van der Waals surface area contributed by atoms with E-state index in [2.05, 4.69) is 58.3 Å². The van der Waals surface area contributed by atoms with E-state index < -0.39 is 11.9 Å². The molecule has 0 radical (unpaired) electrons. The van der Waals surface area contributed by atoms with Crippen molar-refractivity contribution in [3.63, 3.8) is 0 Å². The largest absolute Gasteiger partial charge is 0.633 e. The molecule has 18 heteroatoms. The van der Waals surface area contributed by atoms with Crippen molar-refractivity contribution in [2.75, 3.05) is 105 Å². The van der Waals surface area contributed by atoms with E-state index in [-0.39, 0.29) is 35.7 Å². The van der Waals surface area contributed by atoms with E-state index in [1.807, 2.05) is 48.5 Å². The van der Waals surface area contributed by atoms with Gasteiger partial charge in [-0.25, -0.2) is 19.6 Å². The fraction of sp³-hybridized carbons (Fsp3) is 0.348. The number of hydrogen-bond acceptors (Lipinski definition) is 14. The lowest BCUT2D eigenvalue weighted by Crippen LogP contribution is -2.58. The first kappa shape index (κ1) is 48.3. The van der Waals surface area contributed by atoms with Crippen LogP contribution in [0.1, 0.15) is 11.1 Å². The van der Waals surface area contributed by atoms with Gasteiger partial charge in [0.15, 0.2) is 0 Å². The zero-order valence-corrected chi connectivity index (χ0v) is 37.1. The smallest absolute Gasteiger partial charge is 0.328 e. The van der Waals surface area contributed by atoms with Crippen molar-refractivity contribution in [1.29, 1.82) is 0 Å². The predicted octanol–water partition coefficient (Wildman–Crippen LogP) is 5.45. The monoisotopic (exact) mass is 914 g/mol. The third kappa shape index (κ3) is 13.7. The molecule has 0 aromatic heterocycles. The number of carboxylic acids is 2. The molecule has 4 aliphatic rings. The number of aliphatic hydroxyl groups excluding tert-OH is 2. The highest BCUT2D eigenvalue weighted by Crippen LogP contribution is 2.42. The summed E-state index contributed by atoms with van der Waals surface area (Å²) in [7, 11) is 0. The molecule has 0 bridgehead atoms. The molecule has 2 saturated heterocycles. The van der Waals surface area contributed by atoms with Gasteiger partial charge in [0.2, 0.25) is 0 Å². The van der Waals surface area contributed by atoms with E-state index in [0.29, 0.717) is 90.8 Å². The standard InChI is InChI=1S/2C21H25N3O3S.C4H4O4/c2*25-14-16-27-15-13-24(26)11-9-23(10-12-24)21-17-5-1-3-7-19(17)28-20-8-4-2-6-18(20)22-21;5-3(6)1-2-4(7)8/h2*1-8,25H,9-16H2;1-2H,(H,5,6)(H,7,8)/b;;2-1+. The minimum Gasteiger partial charge on any atom is -0.633 e. The number of benzene rings is 4. The van der Waals surface area contributed by atoms with Gasteiger partial charge in [-0.2, -0.15) is 0 Å². The van der Waals surface area contributed by atoms with Gasteiger partial charge in [0.1, 0.15) is 24.8 Å². The van der Waals surface area contributed by atoms with Gasteiger partial charge in [-0.3, -0.25) is 0 Å². The summed E-state index contributed by atoms with van der Waals surface area (Å²) in [6.07, 6.45) is 1.12. The van der Waals surface area contributed by atoms with Crippen LogP contribution in [0.25, 0.3) is 0 Å². The Hall–Kier alpha value is -5.12. The number of amidine groups is 2. The Morgan fingerprint density at radius 2 is 0.906 bits per heavy atom. The van der Waals surface area contributed by atoms with Crippen LogP contribution < -0.4 is 0 Å². The molecule has 4 aromatic rings. The fourth-order valence-corrected chi connectivity index (χ4v) is 9.32. The first-order valence-corrected chi connectivity index (χ1v) is 22.7. The second kappa shape index (κ2) is 23.7. The number of aliphatic hydroxyl groups is 2. The minimum atomic E-state index is -1.26. The normalized spacial score (nSPS) is 17.0. The van der Waals surface area contributed by atoms with E-state index in [9.17, 15) is 20.0 Å². The Bertz CT molecular complexity index is 2120. The van der Waals surface area contributed by atoms with Crippen molar-refractivity contribution < 1.29 is 48.8 Å². The zero-order valence-electron chi connectivity index (χ0n) is 35.4. The fourth-order valence-electron chi connectivity index (χ4n) is 7.29. The highest BCUT2D eigenvalue weighted by molar-refractivity contribution is 7.99. The zero-order chi connectivity index (χ0) is 45.4. The number of aliphatic carboxylic acids is 2. The Balaban J connectivity index is 0.000000182. The van der Waals surface area contributed by atoms with Crippen molar-refractivity contribution in [2.24, 2.45) is 9.98 Å². The van der Waals surface area contributed by atoms with Gasteiger partial charge in [-0.1, -0.05) is 84.2 Å². The number of nitrogens with zero attached hydrogens (tertiary/aromatic N) is 6. The topological polar surface area (TPSA) is 211 Å². The van der Waals surface area contributed by atoms with Crippen LogP contribution in [0.5, 0.6) is 0 Å². The summed E-state index contributed by atoms with van der Waals surface area (Å²) in [4.78, 5) is 38.3. The maximum absolute atomic E-state index is 12.9. The second-order valence-corrected chi connectivity index (χ2v) is 17.3. The van der Waals surface area contributed by atoms with Gasteiger partial charge >= 0.3 is 11.9 Å². The molecule has 4 N–H and O–H groups in total. The molecule has 4 heterocycles. The molecule has 8 rings (SSSR count). The summed E-state index contributed by atoms with van der Waals surface area (Å²) >= 11 is 3.49. The average molecular weight is 915 g/mol. The van der Waals surface area contributed by atoms with Crippen LogP contribution in [0.15, 0.2) is 139 Å². The van der Waals surface area contributed by atoms with E-state index in [1.54, 1.807) is 23.5 Å². The van der Waals surface area contributed by atoms with Gasteiger partial charge in [-0.15, -0.1) is 0 Å². The number of para-hydroxylation sites is 2. The van der Waals surface area contributed by atoms with Crippen LogP contribution in [0.4, 0.5) is 11.4 Å². The summed E-state index contributed by atoms with van der Waals surface area (Å²) in [5.74, 6) is -0.605. The number of carboxylic acid groups (broad SMARTS) is 2. The number of carbonyl (C=O) groups is 2. The predicted molar refractivity (Wildman–Crippen MR) is 246 cm³/mol. The molecule has 0 saturated carbocycles. The minimum absolute atomic E-state index is 0.00858. The summed E-state index contributed by atoms with van der Waals surface area (Å²) in [6.45, 7) is 6.92. The number of rotatable bonds is 12. The Morgan fingerprint density at radius 1 is 0.562 bits per heavy atom. The lowest BCUT2D eigenvalue weighted by molar-refractivity contribution is -0.884. The molecule has 64 heavy (non-hydrogen) atoms. The molecule has 0 atom stereocenters. The van der Waals surface area contributed by atoms with E-state index in [0.717, 1.165) is 44.0 Å². The summed E-state index contributed by atoms with van der Waals surface area (Å²) in [5, 5.41) is 59.1. The van der Waals surface area contributed by atoms with Crippen LogP contribution in [0, 0.1) is 10.4 Å². The number of quaternary nitrogens is 2. The van der Waals surface area contributed by atoms with Crippen LogP contribution in [0.2, 0.25) is 0 Å². The molecule has 0 unspecified atom stereocenters. The first-order chi connectivity index (χ1) is 31.0. The molecule has 340 valence electrons. The first-order valence-electron chi connectivity index (χ1n) is 21.0. The van der Waals surface area contributed by atoms with Crippen molar-refractivity contribution in [3.05, 3.63) is 131 Å². The Morgan fingerprint density at radius 3 is 1.27 bits per heavy atom. The molecular formula is C46H54N6O10S2. The van der Waals surface area contributed by atoms with E-state index in [1.165, 1.54) is 9.79 Å².